The molecule has 0 amide bonds. The molecule has 1 aromatic carbocycles. The van der Waals surface area contributed by atoms with Gasteiger partial charge in [0.25, 0.3) is 0 Å². The maximum Gasteiger partial charge on any atom is 0.141 e. The Bertz CT molecular complexity index is 1070. The first-order valence-corrected chi connectivity index (χ1v) is 9.70. The molecule has 0 aliphatic heterocycles. The highest BCUT2D eigenvalue weighted by molar-refractivity contribution is 5.90. The van der Waals surface area contributed by atoms with Crippen LogP contribution in [-0.2, 0) is 12.8 Å². The normalized spacial score (nSPS) is 11.1. The van der Waals surface area contributed by atoms with Gasteiger partial charge in [-0.05, 0) is 60.7 Å². The summed E-state index contributed by atoms with van der Waals surface area (Å²) in [6.07, 6.45) is 11.1. The van der Waals surface area contributed by atoms with Crippen molar-refractivity contribution >= 4 is 22.4 Å². The fourth-order valence-electron chi connectivity index (χ4n) is 3.32. The molecule has 142 valence electrons. The summed E-state index contributed by atoms with van der Waals surface area (Å²) >= 11 is 0. The van der Waals surface area contributed by atoms with Crippen LogP contribution in [0.2, 0.25) is 0 Å². The molecule has 0 saturated heterocycles. The number of furan rings is 1. The van der Waals surface area contributed by atoms with Crippen LogP contribution in [0.3, 0.4) is 0 Å². The van der Waals surface area contributed by atoms with E-state index in [2.05, 4.69) is 58.4 Å². The van der Waals surface area contributed by atoms with Crippen molar-refractivity contribution in [2.75, 3.05) is 5.32 Å². The molecule has 0 bridgehead atoms. The summed E-state index contributed by atoms with van der Waals surface area (Å²) in [7, 11) is 0. The molecule has 4 rings (SSSR count). The molecule has 5 nitrogen and oxygen atoms in total. The minimum Gasteiger partial charge on any atom is -0.472 e. The summed E-state index contributed by atoms with van der Waals surface area (Å²) in [5, 5.41) is 4.46. The minimum atomic E-state index is 0.812. The predicted octanol–water partition coefficient (Wildman–Crippen LogP) is 5.60. The molecule has 0 atom stereocenters. The lowest BCUT2D eigenvalue weighted by Gasteiger charge is -2.12. The second-order valence-electron chi connectivity index (χ2n) is 7.09. The molecule has 0 spiro atoms. The van der Waals surface area contributed by atoms with E-state index >= 15 is 0 Å². The van der Waals surface area contributed by atoms with Gasteiger partial charge >= 0.3 is 0 Å². The van der Waals surface area contributed by atoms with Gasteiger partial charge < -0.3 is 9.73 Å². The third kappa shape index (κ3) is 4.03. The Hall–Kier alpha value is -3.21. The summed E-state index contributed by atoms with van der Waals surface area (Å²) in [6.45, 7) is 4.32. The van der Waals surface area contributed by atoms with Crippen LogP contribution in [0.1, 0.15) is 42.1 Å². The van der Waals surface area contributed by atoms with E-state index in [-0.39, 0.29) is 0 Å². The SMILES string of the molecule is CCCCc1cc2c(Nc3ccc(Cc4ccoc4)c(C)c3)ncnc2cn1. The van der Waals surface area contributed by atoms with E-state index < -0.39 is 0 Å². The number of hydrogen-bond donors (Lipinski definition) is 1. The van der Waals surface area contributed by atoms with Gasteiger partial charge in [0.15, 0.2) is 0 Å². The Morgan fingerprint density at radius 1 is 1.07 bits per heavy atom. The van der Waals surface area contributed by atoms with Gasteiger partial charge in [-0.25, -0.2) is 9.97 Å². The first kappa shape index (κ1) is 18.2. The molecular formula is C23H24N4O. The molecular weight excluding hydrogens is 348 g/mol. The van der Waals surface area contributed by atoms with Crippen molar-refractivity contribution in [1.82, 2.24) is 15.0 Å². The van der Waals surface area contributed by atoms with Crippen molar-refractivity contribution in [1.29, 1.82) is 0 Å². The Morgan fingerprint density at radius 2 is 2.00 bits per heavy atom. The second kappa shape index (κ2) is 8.21. The second-order valence-corrected chi connectivity index (χ2v) is 7.09. The Kier molecular flexibility index (Phi) is 5.33. The number of pyridine rings is 1. The molecule has 4 aromatic rings. The summed E-state index contributed by atoms with van der Waals surface area (Å²) in [5.41, 5.74) is 6.64. The van der Waals surface area contributed by atoms with E-state index in [1.807, 2.05) is 12.3 Å². The average molecular weight is 372 g/mol. The molecule has 3 aromatic heterocycles. The van der Waals surface area contributed by atoms with Crippen molar-refractivity contribution in [2.24, 2.45) is 0 Å². The Balaban J connectivity index is 1.59. The number of unbranched alkanes of at least 4 members (excludes halogenated alkanes) is 1. The van der Waals surface area contributed by atoms with Crippen LogP contribution in [0.4, 0.5) is 11.5 Å². The van der Waals surface area contributed by atoms with Crippen molar-refractivity contribution in [3.63, 3.8) is 0 Å². The van der Waals surface area contributed by atoms with E-state index in [4.69, 9.17) is 4.42 Å². The largest absolute Gasteiger partial charge is 0.472 e. The van der Waals surface area contributed by atoms with Crippen molar-refractivity contribution in [3.8, 4) is 0 Å². The molecule has 0 fully saturated rings. The molecule has 28 heavy (non-hydrogen) atoms. The zero-order valence-corrected chi connectivity index (χ0v) is 16.3. The number of aryl methyl sites for hydroxylation is 2. The smallest absolute Gasteiger partial charge is 0.141 e. The van der Waals surface area contributed by atoms with Crippen LogP contribution in [-0.4, -0.2) is 15.0 Å². The molecule has 3 heterocycles. The van der Waals surface area contributed by atoms with Gasteiger partial charge in [0.2, 0.25) is 0 Å². The van der Waals surface area contributed by atoms with Crippen LogP contribution >= 0.6 is 0 Å². The number of nitrogens with zero attached hydrogens (tertiary/aromatic N) is 3. The first-order valence-electron chi connectivity index (χ1n) is 9.70. The third-order valence-corrected chi connectivity index (χ3v) is 4.94. The molecule has 0 radical (unpaired) electrons. The average Bonchev–Trinajstić information content (AvgIpc) is 3.22. The highest BCUT2D eigenvalue weighted by Crippen LogP contribution is 2.25. The minimum absolute atomic E-state index is 0.812. The fourth-order valence-corrected chi connectivity index (χ4v) is 3.32. The van der Waals surface area contributed by atoms with Gasteiger partial charge in [-0.2, -0.15) is 0 Å². The lowest BCUT2D eigenvalue weighted by molar-refractivity contribution is 0.564. The van der Waals surface area contributed by atoms with Crippen molar-refractivity contribution in [3.05, 3.63) is 77.8 Å². The van der Waals surface area contributed by atoms with Gasteiger partial charge in [0, 0.05) is 23.2 Å². The van der Waals surface area contributed by atoms with Crippen LogP contribution in [0.5, 0.6) is 0 Å². The van der Waals surface area contributed by atoms with Crippen LogP contribution < -0.4 is 5.32 Å². The zero-order valence-electron chi connectivity index (χ0n) is 16.3. The molecule has 0 aliphatic carbocycles. The topological polar surface area (TPSA) is 63.8 Å². The predicted molar refractivity (Wildman–Crippen MR) is 112 cm³/mol. The zero-order chi connectivity index (χ0) is 19.3. The maximum absolute atomic E-state index is 5.17. The molecule has 0 aliphatic rings. The maximum atomic E-state index is 5.17. The number of nitrogens with one attached hydrogen (secondary N) is 1. The highest BCUT2D eigenvalue weighted by atomic mass is 16.3. The van der Waals surface area contributed by atoms with Crippen molar-refractivity contribution < 1.29 is 4.42 Å². The van der Waals surface area contributed by atoms with E-state index in [9.17, 15) is 0 Å². The quantitative estimate of drug-likeness (QED) is 0.457. The van der Waals surface area contributed by atoms with Gasteiger partial charge in [-0.1, -0.05) is 19.4 Å². The number of anilines is 2. The number of hydrogen-bond acceptors (Lipinski definition) is 5. The third-order valence-electron chi connectivity index (χ3n) is 4.94. The summed E-state index contributed by atoms with van der Waals surface area (Å²) in [4.78, 5) is 13.4. The Labute approximate surface area is 164 Å². The molecule has 1 N–H and O–H groups in total. The van der Waals surface area contributed by atoms with Crippen LogP contribution in [0.15, 0.2) is 59.8 Å². The molecule has 0 saturated carbocycles. The summed E-state index contributed by atoms with van der Waals surface area (Å²) < 4.78 is 5.17. The summed E-state index contributed by atoms with van der Waals surface area (Å²) in [5.74, 6) is 0.812. The Morgan fingerprint density at radius 3 is 2.79 bits per heavy atom. The number of rotatable bonds is 7. The van der Waals surface area contributed by atoms with Crippen LogP contribution in [0.25, 0.3) is 10.9 Å². The van der Waals surface area contributed by atoms with E-state index in [0.29, 0.717) is 0 Å². The van der Waals surface area contributed by atoms with E-state index in [1.54, 1.807) is 18.9 Å². The van der Waals surface area contributed by atoms with Gasteiger partial charge in [0.1, 0.15) is 12.1 Å². The van der Waals surface area contributed by atoms with E-state index in [0.717, 1.165) is 53.8 Å². The molecule has 0 unspecified atom stereocenters. The molecule has 5 heteroatoms. The van der Waals surface area contributed by atoms with Crippen LogP contribution in [0, 0.1) is 6.92 Å². The lowest BCUT2D eigenvalue weighted by Crippen LogP contribution is -1.99. The lowest BCUT2D eigenvalue weighted by atomic mass is 10.0. The van der Waals surface area contributed by atoms with E-state index in [1.165, 1.54) is 16.7 Å². The number of fused-ring (bicyclic) bond motifs is 1. The fraction of sp³-hybridized carbons (Fsp3) is 0.261. The van der Waals surface area contributed by atoms with Gasteiger partial charge in [-0.15, -0.1) is 0 Å². The van der Waals surface area contributed by atoms with Crippen molar-refractivity contribution in [2.45, 2.75) is 39.5 Å². The number of benzene rings is 1. The number of aromatic nitrogens is 3. The first-order chi connectivity index (χ1) is 13.7. The van der Waals surface area contributed by atoms with Gasteiger partial charge in [-0.3, -0.25) is 4.98 Å². The summed E-state index contributed by atoms with van der Waals surface area (Å²) in [6, 6.07) is 10.5. The standard InChI is InChI=1S/C23H24N4O/c1-3-4-5-19-12-21-22(13-24-19)25-15-26-23(21)27-20-7-6-18(16(2)10-20)11-17-8-9-28-14-17/h6-10,12-15H,3-5,11H2,1-2H3,(H,25,26,27). The monoisotopic (exact) mass is 372 g/mol. The highest BCUT2D eigenvalue weighted by Gasteiger charge is 2.08. The van der Waals surface area contributed by atoms with Gasteiger partial charge in [0.05, 0.1) is 24.2 Å².